The summed E-state index contributed by atoms with van der Waals surface area (Å²) in [5, 5.41) is 14.0. The summed E-state index contributed by atoms with van der Waals surface area (Å²) in [6.07, 6.45) is 3.33. The predicted molar refractivity (Wildman–Crippen MR) is 120 cm³/mol. The second kappa shape index (κ2) is 8.65. The number of amides is 2. The van der Waals surface area contributed by atoms with Crippen LogP contribution in [0.5, 0.6) is 0 Å². The lowest BCUT2D eigenvalue weighted by molar-refractivity contribution is -0.402. The molecule has 1 aromatic carbocycles. The van der Waals surface area contributed by atoms with Crippen LogP contribution in [0.3, 0.4) is 0 Å². The Balaban J connectivity index is 1.39. The van der Waals surface area contributed by atoms with Gasteiger partial charge in [-0.3, -0.25) is 19.7 Å². The van der Waals surface area contributed by atoms with Crippen molar-refractivity contribution in [2.75, 3.05) is 36.4 Å². The number of piperazine rings is 1. The number of hydrogen-bond donors (Lipinski definition) is 1. The molecule has 1 N–H and O–H groups in total. The molecule has 1 fully saturated rings. The fraction of sp³-hybridized carbons (Fsp3) is 0.182. The molecule has 0 spiro atoms. The molecule has 34 heavy (non-hydrogen) atoms. The highest BCUT2D eigenvalue weighted by Gasteiger charge is 2.30. The van der Waals surface area contributed by atoms with Crippen molar-refractivity contribution in [2.45, 2.75) is 0 Å². The van der Waals surface area contributed by atoms with Crippen LogP contribution < -0.4 is 10.2 Å². The number of nitro groups is 1. The van der Waals surface area contributed by atoms with Crippen molar-refractivity contribution in [3.05, 3.63) is 76.5 Å². The van der Waals surface area contributed by atoms with E-state index in [2.05, 4.69) is 15.3 Å². The normalized spacial score (nSPS) is 13.8. The highest BCUT2D eigenvalue weighted by molar-refractivity contribution is 6.13. The van der Waals surface area contributed by atoms with Gasteiger partial charge in [0.1, 0.15) is 16.2 Å². The van der Waals surface area contributed by atoms with Gasteiger partial charge < -0.3 is 24.0 Å². The molecule has 0 bridgehead atoms. The number of nitrogens with one attached hydrogen (secondary N) is 1. The zero-order valence-corrected chi connectivity index (χ0v) is 17.7. The minimum atomic E-state index is -0.737. The van der Waals surface area contributed by atoms with Crippen LogP contribution in [-0.4, -0.2) is 57.8 Å². The van der Waals surface area contributed by atoms with E-state index in [-0.39, 0.29) is 23.1 Å². The Morgan fingerprint density at radius 3 is 2.41 bits per heavy atom. The maximum Gasteiger partial charge on any atom is 0.433 e. The van der Waals surface area contributed by atoms with Crippen molar-refractivity contribution in [2.24, 2.45) is 0 Å². The van der Waals surface area contributed by atoms with E-state index in [1.54, 1.807) is 47.6 Å². The molecule has 3 aromatic heterocycles. The molecule has 0 aliphatic carbocycles. The number of nitrogens with zero attached hydrogens (tertiary/aromatic N) is 5. The van der Waals surface area contributed by atoms with E-state index in [9.17, 15) is 19.7 Å². The van der Waals surface area contributed by atoms with Gasteiger partial charge in [-0.25, -0.2) is 9.97 Å². The molecule has 0 atom stereocenters. The zero-order chi connectivity index (χ0) is 23.7. The topological polar surface area (TPSA) is 148 Å². The van der Waals surface area contributed by atoms with E-state index in [0.29, 0.717) is 43.1 Å². The van der Waals surface area contributed by atoms with E-state index in [0.717, 1.165) is 6.07 Å². The van der Waals surface area contributed by atoms with Gasteiger partial charge in [0.05, 0.1) is 6.07 Å². The molecule has 4 heterocycles. The Hall–Kier alpha value is -4.74. The first-order chi connectivity index (χ1) is 16.5. The Kier molecular flexibility index (Phi) is 5.38. The second-order valence-corrected chi connectivity index (χ2v) is 7.48. The second-order valence-electron chi connectivity index (χ2n) is 7.48. The fourth-order valence-electron chi connectivity index (χ4n) is 3.75. The molecule has 1 aliphatic rings. The predicted octanol–water partition coefficient (Wildman–Crippen LogP) is 2.94. The quantitative estimate of drug-likeness (QED) is 0.349. The maximum atomic E-state index is 13.4. The third kappa shape index (κ3) is 3.92. The lowest BCUT2D eigenvalue weighted by Crippen LogP contribution is -2.49. The molecule has 2 amide bonds. The molecule has 4 aromatic rings. The molecule has 0 saturated carbocycles. The summed E-state index contributed by atoms with van der Waals surface area (Å²) >= 11 is 0. The summed E-state index contributed by atoms with van der Waals surface area (Å²) in [6.45, 7) is 1.89. The van der Waals surface area contributed by atoms with Gasteiger partial charge in [-0.2, -0.15) is 0 Å². The average Bonchev–Trinajstić information content (AvgIpc) is 3.50. The monoisotopic (exact) mass is 462 g/mol. The minimum Gasteiger partial charge on any atom is -0.449 e. The van der Waals surface area contributed by atoms with Gasteiger partial charge in [0.15, 0.2) is 5.76 Å². The first-order valence-electron chi connectivity index (χ1n) is 10.4. The molecule has 0 unspecified atom stereocenters. The molecule has 12 heteroatoms. The number of benzene rings is 1. The summed E-state index contributed by atoms with van der Waals surface area (Å²) in [7, 11) is 0. The maximum absolute atomic E-state index is 13.4. The summed E-state index contributed by atoms with van der Waals surface area (Å²) in [5.41, 5.74) is 0.598. The van der Waals surface area contributed by atoms with Gasteiger partial charge in [-0.1, -0.05) is 12.1 Å². The third-order valence-electron chi connectivity index (χ3n) is 5.43. The molecule has 12 nitrogen and oxygen atoms in total. The number of aromatic nitrogens is 2. The van der Waals surface area contributed by atoms with Crippen LogP contribution in [0.15, 0.2) is 63.7 Å². The van der Waals surface area contributed by atoms with Gasteiger partial charge in [-0.05, 0) is 24.3 Å². The van der Waals surface area contributed by atoms with Gasteiger partial charge in [0.25, 0.3) is 11.8 Å². The molecule has 5 rings (SSSR count). The number of furan rings is 2. The van der Waals surface area contributed by atoms with Crippen LogP contribution in [0.25, 0.3) is 11.0 Å². The Morgan fingerprint density at radius 2 is 1.71 bits per heavy atom. The third-order valence-corrected chi connectivity index (χ3v) is 5.43. The van der Waals surface area contributed by atoms with Crippen molar-refractivity contribution in [1.82, 2.24) is 14.9 Å². The smallest absolute Gasteiger partial charge is 0.433 e. The summed E-state index contributed by atoms with van der Waals surface area (Å²) in [5.74, 6) is -1.37. The summed E-state index contributed by atoms with van der Waals surface area (Å²) in [6, 6.07) is 10.9. The fourth-order valence-corrected chi connectivity index (χ4v) is 3.75. The summed E-state index contributed by atoms with van der Waals surface area (Å²) in [4.78, 5) is 48.3. The lowest BCUT2D eigenvalue weighted by atomic mass is 10.2. The number of rotatable bonds is 5. The molecule has 1 saturated heterocycles. The molecule has 1 aliphatic heterocycles. The molecule has 172 valence electrons. The van der Waals surface area contributed by atoms with Gasteiger partial charge in [-0.15, -0.1) is 0 Å². The number of anilines is 2. The number of fused-ring (bicyclic) bond motifs is 1. The SMILES string of the molecule is O=C(Nc1c(C(=O)N2CCN(c3ncccn3)CC2)oc2ccccc12)c1ccc([N+](=O)[O-])o1. The number of para-hydroxylation sites is 1. The van der Waals surface area contributed by atoms with Gasteiger partial charge in [0, 0.05) is 44.0 Å². The largest absolute Gasteiger partial charge is 0.449 e. The van der Waals surface area contributed by atoms with Crippen LogP contribution in [0.4, 0.5) is 17.5 Å². The molecular formula is C22H18N6O6. The van der Waals surface area contributed by atoms with Crippen LogP contribution >= 0.6 is 0 Å². The summed E-state index contributed by atoms with van der Waals surface area (Å²) < 4.78 is 10.8. The van der Waals surface area contributed by atoms with E-state index >= 15 is 0 Å². The minimum absolute atomic E-state index is 0.0278. The van der Waals surface area contributed by atoms with Crippen LogP contribution in [0, 0.1) is 10.1 Å². The van der Waals surface area contributed by atoms with Gasteiger partial charge >= 0.3 is 5.88 Å². The first kappa shape index (κ1) is 21.1. The van der Waals surface area contributed by atoms with E-state index in [1.165, 1.54) is 6.07 Å². The lowest BCUT2D eigenvalue weighted by Gasteiger charge is -2.34. The zero-order valence-electron chi connectivity index (χ0n) is 17.7. The van der Waals surface area contributed by atoms with Crippen molar-refractivity contribution in [1.29, 1.82) is 0 Å². The number of carbonyl (C=O) groups excluding carboxylic acids is 2. The van der Waals surface area contributed by atoms with Crippen molar-refractivity contribution < 1.29 is 23.3 Å². The first-order valence-corrected chi connectivity index (χ1v) is 10.4. The van der Waals surface area contributed by atoms with Crippen molar-refractivity contribution in [3.63, 3.8) is 0 Å². The number of hydrogen-bond acceptors (Lipinski definition) is 9. The molecule has 0 radical (unpaired) electrons. The van der Waals surface area contributed by atoms with Crippen LogP contribution in [-0.2, 0) is 0 Å². The van der Waals surface area contributed by atoms with E-state index in [1.807, 2.05) is 4.90 Å². The van der Waals surface area contributed by atoms with E-state index in [4.69, 9.17) is 8.83 Å². The van der Waals surface area contributed by atoms with Gasteiger partial charge in [0.2, 0.25) is 11.7 Å². The average molecular weight is 462 g/mol. The Labute approximate surface area is 191 Å². The van der Waals surface area contributed by atoms with Crippen molar-refractivity contribution >= 4 is 40.3 Å². The van der Waals surface area contributed by atoms with Crippen LogP contribution in [0.2, 0.25) is 0 Å². The Morgan fingerprint density at radius 1 is 0.971 bits per heavy atom. The van der Waals surface area contributed by atoms with Crippen LogP contribution in [0.1, 0.15) is 21.1 Å². The van der Waals surface area contributed by atoms with E-state index < -0.39 is 16.7 Å². The standard InChI is InChI=1S/C22H18N6O6/c29-20(16-6-7-17(33-16)28(31)32)25-18-14-4-1-2-5-15(14)34-19(18)21(30)26-10-12-27(13-11-26)22-23-8-3-9-24-22/h1-9H,10-13H2,(H,25,29). The highest BCUT2D eigenvalue weighted by atomic mass is 16.6. The Bertz CT molecular complexity index is 1370. The molecular weight excluding hydrogens is 444 g/mol. The highest BCUT2D eigenvalue weighted by Crippen LogP contribution is 2.33. The number of carbonyl (C=O) groups is 2. The van der Waals surface area contributed by atoms with Crippen molar-refractivity contribution in [3.8, 4) is 0 Å².